The van der Waals surface area contributed by atoms with E-state index in [-0.39, 0.29) is 0 Å². The summed E-state index contributed by atoms with van der Waals surface area (Å²) in [5.41, 5.74) is 1.19. The van der Waals surface area contributed by atoms with Gasteiger partial charge < -0.3 is 4.57 Å². The number of halogens is 2. The smallest absolute Gasteiger partial charge is 0.161 e. The van der Waals surface area contributed by atoms with Gasteiger partial charge in [-0.25, -0.2) is 13.8 Å². The van der Waals surface area contributed by atoms with E-state index in [0.29, 0.717) is 17.0 Å². The predicted molar refractivity (Wildman–Crippen MR) is 73.0 cm³/mol. The van der Waals surface area contributed by atoms with Crippen molar-refractivity contribution in [1.29, 1.82) is 0 Å². The molecule has 1 aromatic carbocycles. The molecule has 1 atom stereocenters. The monoisotopic (exact) mass is 266 g/mol. The van der Waals surface area contributed by atoms with Gasteiger partial charge in [0.05, 0.1) is 17.4 Å². The topological polar surface area (TPSA) is 17.8 Å². The van der Waals surface area contributed by atoms with E-state index in [9.17, 15) is 8.78 Å². The maximum atomic E-state index is 13.3. The molecule has 0 saturated carbocycles. The van der Waals surface area contributed by atoms with E-state index in [1.165, 1.54) is 18.9 Å². The van der Waals surface area contributed by atoms with Crippen LogP contribution in [0.25, 0.3) is 11.0 Å². The summed E-state index contributed by atoms with van der Waals surface area (Å²) in [5.74, 6) is -1.09. The van der Waals surface area contributed by atoms with Crippen LogP contribution in [0.2, 0.25) is 0 Å². The van der Waals surface area contributed by atoms with Gasteiger partial charge in [0.1, 0.15) is 0 Å². The van der Waals surface area contributed by atoms with Gasteiger partial charge >= 0.3 is 0 Å². The van der Waals surface area contributed by atoms with Crippen LogP contribution in [0.15, 0.2) is 18.5 Å². The highest BCUT2D eigenvalue weighted by molar-refractivity contribution is 5.75. The zero-order chi connectivity index (χ0) is 13.8. The lowest BCUT2D eigenvalue weighted by atomic mass is 9.99. The van der Waals surface area contributed by atoms with Crippen molar-refractivity contribution in [2.24, 2.45) is 5.92 Å². The lowest BCUT2D eigenvalue weighted by molar-refractivity contribution is 0.395. The van der Waals surface area contributed by atoms with Gasteiger partial charge in [-0.3, -0.25) is 0 Å². The Morgan fingerprint density at radius 2 is 1.95 bits per heavy atom. The van der Waals surface area contributed by atoms with Crippen LogP contribution in [0.5, 0.6) is 0 Å². The van der Waals surface area contributed by atoms with E-state index < -0.39 is 11.6 Å². The molecular formula is C15H20F2N2. The quantitative estimate of drug-likeness (QED) is 0.751. The zero-order valence-corrected chi connectivity index (χ0v) is 11.5. The summed E-state index contributed by atoms with van der Waals surface area (Å²) in [7, 11) is 0. The third-order valence-electron chi connectivity index (χ3n) is 3.66. The Balaban J connectivity index is 2.22. The van der Waals surface area contributed by atoms with Crippen molar-refractivity contribution in [2.45, 2.75) is 46.1 Å². The predicted octanol–water partition coefficient (Wildman–Crippen LogP) is 4.53. The van der Waals surface area contributed by atoms with Crippen molar-refractivity contribution in [1.82, 2.24) is 9.55 Å². The van der Waals surface area contributed by atoms with E-state index in [1.807, 2.05) is 4.57 Å². The molecule has 0 aliphatic rings. The summed E-state index contributed by atoms with van der Waals surface area (Å²) in [5, 5.41) is 0. The van der Waals surface area contributed by atoms with Crippen LogP contribution >= 0.6 is 0 Å². The average Bonchev–Trinajstić information content (AvgIpc) is 2.77. The van der Waals surface area contributed by atoms with Crippen LogP contribution in [0.4, 0.5) is 8.78 Å². The van der Waals surface area contributed by atoms with Crippen molar-refractivity contribution in [3.05, 3.63) is 30.1 Å². The molecule has 0 fully saturated rings. The van der Waals surface area contributed by atoms with Crippen molar-refractivity contribution >= 4 is 11.0 Å². The van der Waals surface area contributed by atoms with E-state index in [2.05, 4.69) is 18.8 Å². The molecule has 0 N–H and O–H groups in total. The largest absolute Gasteiger partial charge is 0.330 e. The first-order valence-corrected chi connectivity index (χ1v) is 6.95. The second kappa shape index (κ2) is 6.13. The van der Waals surface area contributed by atoms with E-state index in [4.69, 9.17) is 0 Å². The van der Waals surface area contributed by atoms with Crippen LogP contribution in [0, 0.1) is 17.6 Å². The van der Waals surface area contributed by atoms with Crippen LogP contribution in [0.3, 0.4) is 0 Å². The van der Waals surface area contributed by atoms with Gasteiger partial charge in [-0.1, -0.05) is 33.1 Å². The Morgan fingerprint density at radius 1 is 1.21 bits per heavy atom. The first-order chi connectivity index (χ1) is 9.15. The molecule has 1 heterocycles. The molecule has 1 aromatic heterocycles. The molecule has 104 valence electrons. The summed E-state index contributed by atoms with van der Waals surface area (Å²) in [6, 6.07) is 2.40. The number of imidazole rings is 1. The molecule has 0 aliphatic carbocycles. The zero-order valence-electron chi connectivity index (χ0n) is 11.5. The summed E-state index contributed by atoms with van der Waals surface area (Å²) >= 11 is 0. The van der Waals surface area contributed by atoms with Crippen LogP contribution in [-0.2, 0) is 6.54 Å². The minimum atomic E-state index is -0.837. The highest BCUT2D eigenvalue weighted by Gasteiger charge is 2.12. The fraction of sp³-hybridized carbons (Fsp3) is 0.533. The Labute approximate surface area is 112 Å². The number of aromatic nitrogens is 2. The maximum Gasteiger partial charge on any atom is 0.161 e. The van der Waals surface area contributed by atoms with Gasteiger partial charge in [-0.2, -0.15) is 0 Å². The molecule has 0 radical (unpaired) electrons. The second-order valence-corrected chi connectivity index (χ2v) is 5.07. The molecule has 2 aromatic rings. The van der Waals surface area contributed by atoms with Crippen molar-refractivity contribution in [3.63, 3.8) is 0 Å². The van der Waals surface area contributed by atoms with Gasteiger partial charge in [-0.15, -0.1) is 0 Å². The Kier molecular flexibility index (Phi) is 4.51. The Bertz CT molecular complexity index is 548. The number of benzene rings is 1. The first kappa shape index (κ1) is 14.0. The third kappa shape index (κ3) is 3.11. The van der Waals surface area contributed by atoms with Crippen molar-refractivity contribution in [2.75, 3.05) is 0 Å². The van der Waals surface area contributed by atoms with Gasteiger partial charge in [-0.05, 0) is 12.3 Å². The van der Waals surface area contributed by atoms with Crippen LogP contribution in [0.1, 0.15) is 39.5 Å². The minimum absolute atomic E-state index is 0.518. The highest BCUT2D eigenvalue weighted by Crippen LogP contribution is 2.21. The van der Waals surface area contributed by atoms with E-state index >= 15 is 0 Å². The lowest BCUT2D eigenvalue weighted by Crippen LogP contribution is -2.09. The molecule has 0 aliphatic heterocycles. The van der Waals surface area contributed by atoms with Gasteiger partial charge in [0.2, 0.25) is 0 Å². The molecule has 2 rings (SSSR count). The molecule has 0 saturated heterocycles. The van der Waals surface area contributed by atoms with Crippen molar-refractivity contribution in [3.8, 4) is 0 Å². The number of hydrogen-bond acceptors (Lipinski definition) is 1. The molecule has 1 unspecified atom stereocenters. The summed E-state index contributed by atoms with van der Waals surface area (Å²) in [4.78, 5) is 4.14. The number of unbranched alkanes of at least 4 members (excludes halogenated alkanes) is 1. The van der Waals surface area contributed by atoms with Crippen molar-refractivity contribution < 1.29 is 8.78 Å². The lowest BCUT2D eigenvalue weighted by Gasteiger charge is -2.15. The fourth-order valence-electron chi connectivity index (χ4n) is 2.39. The van der Waals surface area contributed by atoms with E-state index in [1.54, 1.807) is 6.33 Å². The normalized spacial score (nSPS) is 13.1. The number of hydrogen-bond donors (Lipinski definition) is 0. The maximum absolute atomic E-state index is 13.3. The highest BCUT2D eigenvalue weighted by atomic mass is 19.2. The fourth-order valence-corrected chi connectivity index (χ4v) is 2.39. The number of nitrogens with zero attached hydrogens (tertiary/aromatic N) is 2. The Hall–Kier alpha value is -1.45. The van der Waals surface area contributed by atoms with Gasteiger partial charge in [0, 0.05) is 18.7 Å². The number of rotatable bonds is 6. The Morgan fingerprint density at radius 3 is 2.63 bits per heavy atom. The van der Waals surface area contributed by atoms with Crippen LogP contribution in [-0.4, -0.2) is 9.55 Å². The average molecular weight is 266 g/mol. The second-order valence-electron chi connectivity index (χ2n) is 5.07. The minimum Gasteiger partial charge on any atom is -0.330 e. The summed E-state index contributed by atoms with van der Waals surface area (Å²) in [6.07, 6.45) is 6.31. The first-order valence-electron chi connectivity index (χ1n) is 6.95. The SMILES string of the molecule is CCCCC(CC)Cn1cnc2cc(F)c(F)cc21. The molecular weight excluding hydrogens is 246 g/mol. The standard InChI is InChI=1S/C15H20F2N2/c1-3-5-6-11(4-2)9-19-10-18-14-7-12(16)13(17)8-15(14)19/h7-8,10-11H,3-6,9H2,1-2H3. The molecule has 19 heavy (non-hydrogen) atoms. The molecule has 4 heteroatoms. The number of fused-ring (bicyclic) bond motifs is 1. The van der Waals surface area contributed by atoms with Crippen LogP contribution < -0.4 is 0 Å². The molecule has 0 bridgehead atoms. The molecule has 2 nitrogen and oxygen atoms in total. The molecule has 0 amide bonds. The summed E-state index contributed by atoms with van der Waals surface area (Å²) in [6.45, 7) is 5.16. The third-order valence-corrected chi connectivity index (χ3v) is 3.66. The van der Waals surface area contributed by atoms with E-state index in [0.717, 1.165) is 25.5 Å². The summed E-state index contributed by atoms with van der Waals surface area (Å²) < 4.78 is 28.4. The van der Waals surface area contributed by atoms with Gasteiger partial charge in [0.15, 0.2) is 11.6 Å². The van der Waals surface area contributed by atoms with Gasteiger partial charge in [0.25, 0.3) is 0 Å². The molecule has 0 spiro atoms.